The van der Waals surface area contributed by atoms with Gasteiger partial charge in [-0.05, 0) is 30.3 Å². The monoisotopic (exact) mass is 282 g/mol. The van der Waals surface area contributed by atoms with Crippen LogP contribution in [0.3, 0.4) is 0 Å². The SMILES string of the molecule is COc1ccccc1NC(=O)c1ccc2nc(C)oc2c1. The highest BCUT2D eigenvalue weighted by atomic mass is 16.5. The lowest BCUT2D eigenvalue weighted by Crippen LogP contribution is -2.12. The lowest BCUT2D eigenvalue weighted by atomic mass is 10.2. The van der Waals surface area contributed by atoms with E-state index in [0.717, 1.165) is 5.52 Å². The maximum Gasteiger partial charge on any atom is 0.255 e. The van der Waals surface area contributed by atoms with Gasteiger partial charge in [-0.1, -0.05) is 12.1 Å². The van der Waals surface area contributed by atoms with Crippen molar-refractivity contribution < 1.29 is 13.9 Å². The second-order valence-corrected chi connectivity index (χ2v) is 4.57. The van der Waals surface area contributed by atoms with Crippen LogP contribution < -0.4 is 10.1 Å². The molecule has 0 bridgehead atoms. The van der Waals surface area contributed by atoms with Crippen LogP contribution in [0.1, 0.15) is 16.2 Å². The van der Waals surface area contributed by atoms with E-state index in [2.05, 4.69) is 10.3 Å². The van der Waals surface area contributed by atoms with Crippen LogP contribution in [0.25, 0.3) is 11.1 Å². The van der Waals surface area contributed by atoms with Crippen LogP contribution >= 0.6 is 0 Å². The smallest absolute Gasteiger partial charge is 0.255 e. The van der Waals surface area contributed by atoms with E-state index in [1.54, 1.807) is 44.4 Å². The van der Waals surface area contributed by atoms with Crippen LogP contribution in [0.5, 0.6) is 5.75 Å². The molecule has 0 spiro atoms. The molecule has 5 heteroatoms. The number of amides is 1. The highest BCUT2D eigenvalue weighted by Crippen LogP contribution is 2.24. The average molecular weight is 282 g/mol. The number of aromatic nitrogens is 1. The summed E-state index contributed by atoms with van der Waals surface area (Å²) in [6.45, 7) is 1.77. The van der Waals surface area contributed by atoms with Crippen LogP contribution in [0.4, 0.5) is 5.69 Å². The molecule has 0 aliphatic heterocycles. The third-order valence-electron chi connectivity index (χ3n) is 3.11. The number of benzene rings is 2. The number of aryl methyl sites for hydroxylation is 1. The molecule has 0 fully saturated rings. The van der Waals surface area contributed by atoms with Gasteiger partial charge in [-0.3, -0.25) is 4.79 Å². The van der Waals surface area contributed by atoms with Crippen molar-refractivity contribution in [2.24, 2.45) is 0 Å². The fraction of sp³-hybridized carbons (Fsp3) is 0.125. The summed E-state index contributed by atoms with van der Waals surface area (Å²) in [6.07, 6.45) is 0. The molecule has 1 N–H and O–H groups in total. The second kappa shape index (κ2) is 5.28. The van der Waals surface area contributed by atoms with Crippen LogP contribution in [0.2, 0.25) is 0 Å². The van der Waals surface area contributed by atoms with Gasteiger partial charge in [0, 0.05) is 12.5 Å². The van der Waals surface area contributed by atoms with E-state index in [9.17, 15) is 4.79 Å². The van der Waals surface area contributed by atoms with Gasteiger partial charge in [-0.25, -0.2) is 4.98 Å². The number of carbonyl (C=O) groups excluding carboxylic acids is 1. The third kappa shape index (κ3) is 2.58. The second-order valence-electron chi connectivity index (χ2n) is 4.57. The van der Waals surface area contributed by atoms with Crippen LogP contribution in [0, 0.1) is 6.92 Å². The minimum absolute atomic E-state index is 0.226. The standard InChI is InChI=1S/C16H14N2O3/c1-10-17-13-8-7-11(9-15(13)21-10)16(19)18-12-5-3-4-6-14(12)20-2/h3-9H,1-2H3,(H,18,19). The normalized spacial score (nSPS) is 10.6. The molecule has 1 aromatic heterocycles. The number of hydrogen-bond donors (Lipinski definition) is 1. The highest BCUT2D eigenvalue weighted by Gasteiger charge is 2.11. The molecule has 106 valence electrons. The molecular formula is C16H14N2O3. The molecule has 0 atom stereocenters. The molecule has 3 rings (SSSR count). The maximum absolute atomic E-state index is 12.3. The van der Waals surface area contributed by atoms with Crippen molar-refractivity contribution in [3.8, 4) is 5.75 Å². The van der Waals surface area contributed by atoms with Crippen molar-refractivity contribution in [1.29, 1.82) is 0 Å². The molecule has 0 unspecified atom stereocenters. The zero-order valence-corrected chi connectivity index (χ0v) is 11.7. The van der Waals surface area contributed by atoms with Gasteiger partial charge in [-0.15, -0.1) is 0 Å². The Labute approximate surface area is 121 Å². The molecule has 0 aliphatic carbocycles. The van der Waals surface area contributed by atoms with Crippen molar-refractivity contribution in [2.75, 3.05) is 12.4 Å². The summed E-state index contributed by atoms with van der Waals surface area (Å²) in [7, 11) is 1.56. The Balaban J connectivity index is 1.89. The summed E-state index contributed by atoms with van der Waals surface area (Å²) in [5.74, 6) is 0.963. The van der Waals surface area contributed by atoms with Crippen LogP contribution in [-0.2, 0) is 0 Å². The Hall–Kier alpha value is -2.82. The summed E-state index contributed by atoms with van der Waals surface area (Å²) in [5.41, 5.74) is 2.46. The summed E-state index contributed by atoms with van der Waals surface area (Å²) >= 11 is 0. The van der Waals surface area contributed by atoms with Crippen LogP contribution in [0.15, 0.2) is 46.9 Å². The average Bonchev–Trinajstić information content (AvgIpc) is 2.86. The van der Waals surface area contributed by atoms with E-state index in [-0.39, 0.29) is 5.91 Å². The van der Waals surface area contributed by atoms with Crippen molar-refractivity contribution in [2.45, 2.75) is 6.92 Å². The Morgan fingerprint density at radius 1 is 1.24 bits per heavy atom. The number of ether oxygens (including phenoxy) is 1. The van der Waals surface area contributed by atoms with Gasteiger partial charge >= 0.3 is 0 Å². The largest absolute Gasteiger partial charge is 0.495 e. The number of oxazole rings is 1. The first-order valence-corrected chi connectivity index (χ1v) is 6.49. The minimum atomic E-state index is -0.226. The molecular weight excluding hydrogens is 268 g/mol. The van der Waals surface area contributed by atoms with Crippen molar-refractivity contribution in [1.82, 2.24) is 4.98 Å². The predicted octanol–water partition coefficient (Wildman–Crippen LogP) is 3.40. The van der Waals surface area contributed by atoms with Gasteiger partial charge < -0.3 is 14.5 Å². The van der Waals surface area contributed by atoms with E-state index < -0.39 is 0 Å². The maximum atomic E-state index is 12.3. The fourth-order valence-electron chi connectivity index (χ4n) is 2.12. The van der Waals surface area contributed by atoms with E-state index in [4.69, 9.17) is 9.15 Å². The lowest BCUT2D eigenvalue weighted by Gasteiger charge is -2.09. The highest BCUT2D eigenvalue weighted by molar-refractivity contribution is 6.06. The van der Waals surface area contributed by atoms with Gasteiger partial charge in [0.05, 0.1) is 12.8 Å². The molecule has 0 saturated carbocycles. The first-order chi connectivity index (χ1) is 10.2. The van der Waals surface area contributed by atoms with Gasteiger partial charge in [-0.2, -0.15) is 0 Å². The van der Waals surface area contributed by atoms with E-state index >= 15 is 0 Å². The molecule has 1 amide bonds. The summed E-state index contributed by atoms with van der Waals surface area (Å²) in [6, 6.07) is 12.4. The van der Waals surface area contributed by atoms with E-state index in [0.29, 0.717) is 28.5 Å². The van der Waals surface area contributed by atoms with Gasteiger partial charge in [0.25, 0.3) is 5.91 Å². The zero-order chi connectivity index (χ0) is 14.8. The molecule has 3 aromatic rings. The van der Waals surface area contributed by atoms with Crippen molar-refractivity contribution in [3.05, 3.63) is 53.9 Å². The zero-order valence-electron chi connectivity index (χ0n) is 11.7. The quantitative estimate of drug-likeness (QED) is 0.799. The Bertz CT molecular complexity index is 808. The van der Waals surface area contributed by atoms with Crippen LogP contribution in [-0.4, -0.2) is 18.0 Å². The van der Waals surface area contributed by atoms with Gasteiger partial charge in [0.15, 0.2) is 11.5 Å². The summed E-state index contributed by atoms with van der Waals surface area (Å²) in [4.78, 5) is 16.5. The number of rotatable bonds is 3. The first-order valence-electron chi connectivity index (χ1n) is 6.49. The fourth-order valence-corrected chi connectivity index (χ4v) is 2.12. The topological polar surface area (TPSA) is 64.4 Å². The predicted molar refractivity (Wildman–Crippen MR) is 79.7 cm³/mol. The molecule has 2 aromatic carbocycles. The lowest BCUT2D eigenvalue weighted by molar-refractivity contribution is 0.102. The number of fused-ring (bicyclic) bond motifs is 1. The molecule has 0 aliphatic rings. The molecule has 5 nitrogen and oxygen atoms in total. The Morgan fingerprint density at radius 2 is 2.05 bits per heavy atom. The Morgan fingerprint density at radius 3 is 2.86 bits per heavy atom. The van der Waals surface area contributed by atoms with Gasteiger partial charge in [0.1, 0.15) is 11.3 Å². The molecule has 1 heterocycles. The number of hydrogen-bond acceptors (Lipinski definition) is 4. The minimum Gasteiger partial charge on any atom is -0.495 e. The van der Waals surface area contributed by atoms with Crippen molar-refractivity contribution >= 4 is 22.7 Å². The summed E-state index contributed by atoms with van der Waals surface area (Å²) < 4.78 is 10.7. The number of methoxy groups -OCH3 is 1. The molecule has 0 saturated heterocycles. The first kappa shape index (κ1) is 13.2. The molecule has 0 radical (unpaired) electrons. The van der Waals surface area contributed by atoms with E-state index in [1.165, 1.54) is 0 Å². The number of carbonyl (C=O) groups is 1. The Kier molecular flexibility index (Phi) is 3.31. The van der Waals surface area contributed by atoms with Crippen molar-refractivity contribution in [3.63, 3.8) is 0 Å². The number of para-hydroxylation sites is 2. The van der Waals surface area contributed by atoms with Gasteiger partial charge in [0.2, 0.25) is 0 Å². The third-order valence-corrected chi connectivity index (χ3v) is 3.11. The number of anilines is 1. The summed E-state index contributed by atoms with van der Waals surface area (Å²) in [5, 5.41) is 2.82. The number of nitrogens with zero attached hydrogens (tertiary/aromatic N) is 1. The number of nitrogens with one attached hydrogen (secondary N) is 1. The molecule has 21 heavy (non-hydrogen) atoms. The van der Waals surface area contributed by atoms with E-state index in [1.807, 2.05) is 12.1 Å².